The maximum absolute atomic E-state index is 12.5. The standard InChI is InChI=1S/C21H19N3O5/c1-2-28-21(27)20-17(22-18(25)14-29-16-11-7-4-8-12-16)13-19(26)24(23-20)15-9-5-3-6-10-15/h3-13H,2,14H2,1H3,(H,22,25). The molecular formula is C21H19N3O5. The predicted octanol–water partition coefficient (Wildman–Crippen LogP) is 2.43. The van der Waals surface area contributed by atoms with E-state index in [9.17, 15) is 14.4 Å². The zero-order valence-corrected chi connectivity index (χ0v) is 15.7. The molecule has 0 aliphatic carbocycles. The van der Waals surface area contributed by atoms with Gasteiger partial charge in [-0.25, -0.2) is 4.79 Å². The number of benzene rings is 2. The van der Waals surface area contributed by atoms with Crippen molar-refractivity contribution in [3.63, 3.8) is 0 Å². The van der Waals surface area contributed by atoms with E-state index >= 15 is 0 Å². The summed E-state index contributed by atoms with van der Waals surface area (Å²) in [5, 5.41) is 6.61. The van der Waals surface area contributed by atoms with Crippen molar-refractivity contribution in [2.75, 3.05) is 18.5 Å². The van der Waals surface area contributed by atoms with Crippen LogP contribution in [0.15, 0.2) is 71.5 Å². The fourth-order valence-corrected chi connectivity index (χ4v) is 2.51. The van der Waals surface area contributed by atoms with Gasteiger partial charge in [-0.3, -0.25) is 9.59 Å². The zero-order valence-electron chi connectivity index (χ0n) is 15.7. The summed E-state index contributed by atoms with van der Waals surface area (Å²) in [5.74, 6) is -0.777. The molecule has 148 valence electrons. The number of hydrogen-bond acceptors (Lipinski definition) is 6. The zero-order chi connectivity index (χ0) is 20.6. The van der Waals surface area contributed by atoms with Crippen LogP contribution in [0.3, 0.4) is 0 Å². The van der Waals surface area contributed by atoms with E-state index < -0.39 is 17.4 Å². The molecule has 0 aliphatic rings. The molecule has 1 N–H and O–H groups in total. The Morgan fingerprint density at radius 1 is 1.03 bits per heavy atom. The molecule has 0 unspecified atom stereocenters. The van der Waals surface area contributed by atoms with Gasteiger partial charge in [0, 0.05) is 6.07 Å². The molecule has 0 spiro atoms. The Labute approximate surface area is 166 Å². The van der Waals surface area contributed by atoms with Crippen LogP contribution in [0, 0.1) is 0 Å². The molecule has 0 fully saturated rings. The minimum atomic E-state index is -0.753. The number of carbonyl (C=O) groups excluding carboxylic acids is 2. The van der Waals surface area contributed by atoms with Crippen molar-refractivity contribution in [1.29, 1.82) is 0 Å². The van der Waals surface area contributed by atoms with Crippen LogP contribution in [0.1, 0.15) is 17.4 Å². The van der Waals surface area contributed by atoms with E-state index in [0.29, 0.717) is 11.4 Å². The van der Waals surface area contributed by atoms with Crippen LogP contribution in [-0.2, 0) is 9.53 Å². The third kappa shape index (κ3) is 5.07. The predicted molar refractivity (Wildman–Crippen MR) is 106 cm³/mol. The summed E-state index contributed by atoms with van der Waals surface area (Å²) in [7, 11) is 0. The van der Waals surface area contributed by atoms with Crippen LogP contribution in [0.2, 0.25) is 0 Å². The van der Waals surface area contributed by atoms with Gasteiger partial charge in [-0.1, -0.05) is 36.4 Å². The lowest BCUT2D eigenvalue weighted by molar-refractivity contribution is -0.118. The van der Waals surface area contributed by atoms with E-state index in [2.05, 4.69) is 10.4 Å². The highest BCUT2D eigenvalue weighted by molar-refractivity contribution is 6.00. The number of nitrogens with zero attached hydrogens (tertiary/aromatic N) is 2. The maximum atomic E-state index is 12.5. The Bertz CT molecular complexity index is 1050. The normalized spacial score (nSPS) is 10.2. The second kappa shape index (κ2) is 9.32. The summed E-state index contributed by atoms with van der Waals surface area (Å²) < 4.78 is 11.5. The van der Waals surface area contributed by atoms with E-state index in [0.717, 1.165) is 10.7 Å². The molecule has 1 aromatic heterocycles. The lowest BCUT2D eigenvalue weighted by Crippen LogP contribution is -2.28. The lowest BCUT2D eigenvalue weighted by Gasteiger charge is -2.12. The fraction of sp³-hybridized carbons (Fsp3) is 0.143. The van der Waals surface area contributed by atoms with Crippen molar-refractivity contribution >= 4 is 17.6 Å². The monoisotopic (exact) mass is 393 g/mol. The van der Waals surface area contributed by atoms with Gasteiger partial charge in [0.05, 0.1) is 18.0 Å². The van der Waals surface area contributed by atoms with Crippen LogP contribution in [0.25, 0.3) is 5.69 Å². The van der Waals surface area contributed by atoms with Crippen LogP contribution in [0.4, 0.5) is 5.69 Å². The number of aromatic nitrogens is 2. The molecule has 0 aliphatic heterocycles. The minimum absolute atomic E-state index is 0.0395. The lowest BCUT2D eigenvalue weighted by atomic mass is 10.3. The number of rotatable bonds is 7. The highest BCUT2D eigenvalue weighted by Crippen LogP contribution is 2.14. The summed E-state index contributed by atoms with van der Waals surface area (Å²) >= 11 is 0. The van der Waals surface area contributed by atoms with E-state index in [-0.39, 0.29) is 24.6 Å². The quantitative estimate of drug-likeness (QED) is 0.619. The van der Waals surface area contributed by atoms with Gasteiger partial charge in [-0.05, 0) is 31.2 Å². The summed E-state index contributed by atoms with van der Waals surface area (Å²) in [6.07, 6.45) is 0. The Morgan fingerprint density at radius 3 is 2.34 bits per heavy atom. The number of hydrogen-bond donors (Lipinski definition) is 1. The van der Waals surface area contributed by atoms with Crippen LogP contribution >= 0.6 is 0 Å². The largest absolute Gasteiger partial charge is 0.484 e. The number of amides is 1. The van der Waals surface area contributed by atoms with Crippen molar-refractivity contribution in [2.45, 2.75) is 6.92 Å². The molecule has 0 atom stereocenters. The van der Waals surface area contributed by atoms with Gasteiger partial charge < -0.3 is 14.8 Å². The van der Waals surface area contributed by atoms with E-state index in [1.807, 2.05) is 6.07 Å². The number of esters is 1. The van der Waals surface area contributed by atoms with E-state index in [1.165, 1.54) is 0 Å². The Balaban J connectivity index is 1.86. The van der Waals surface area contributed by atoms with Gasteiger partial charge in [0.25, 0.3) is 11.5 Å². The molecule has 1 amide bonds. The van der Waals surface area contributed by atoms with Crippen LogP contribution < -0.4 is 15.6 Å². The first kappa shape index (κ1) is 19.8. The Morgan fingerprint density at radius 2 is 1.69 bits per heavy atom. The molecule has 8 nitrogen and oxygen atoms in total. The molecule has 0 radical (unpaired) electrons. The highest BCUT2D eigenvalue weighted by atomic mass is 16.5. The second-order valence-corrected chi connectivity index (χ2v) is 5.86. The van der Waals surface area contributed by atoms with E-state index in [4.69, 9.17) is 9.47 Å². The van der Waals surface area contributed by atoms with Crippen LogP contribution in [0.5, 0.6) is 5.75 Å². The summed E-state index contributed by atoms with van der Waals surface area (Å²) in [4.78, 5) is 37.1. The Kier molecular flexibility index (Phi) is 6.36. The second-order valence-electron chi connectivity index (χ2n) is 5.86. The molecular weight excluding hydrogens is 374 g/mol. The molecule has 0 saturated carbocycles. The molecule has 0 saturated heterocycles. The number of para-hydroxylation sites is 2. The van der Waals surface area contributed by atoms with Crippen LogP contribution in [-0.4, -0.2) is 34.9 Å². The van der Waals surface area contributed by atoms with Crippen molar-refractivity contribution in [3.05, 3.63) is 82.8 Å². The third-order valence-electron chi connectivity index (χ3n) is 3.79. The third-order valence-corrected chi connectivity index (χ3v) is 3.79. The number of carbonyl (C=O) groups is 2. The molecule has 1 heterocycles. The van der Waals surface area contributed by atoms with Gasteiger partial charge in [-0.15, -0.1) is 0 Å². The summed E-state index contributed by atoms with van der Waals surface area (Å²) in [6.45, 7) is 1.47. The smallest absolute Gasteiger partial charge is 0.360 e. The maximum Gasteiger partial charge on any atom is 0.360 e. The van der Waals surface area contributed by atoms with Gasteiger partial charge in [0.15, 0.2) is 12.3 Å². The molecule has 2 aromatic carbocycles. The highest BCUT2D eigenvalue weighted by Gasteiger charge is 2.20. The van der Waals surface area contributed by atoms with Gasteiger partial charge in [-0.2, -0.15) is 9.78 Å². The topological polar surface area (TPSA) is 99.5 Å². The Hall–Kier alpha value is -3.94. The SMILES string of the molecule is CCOC(=O)c1nn(-c2ccccc2)c(=O)cc1NC(=O)COc1ccccc1. The number of nitrogens with one attached hydrogen (secondary N) is 1. The van der Waals surface area contributed by atoms with Crippen molar-refractivity contribution in [2.24, 2.45) is 0 Å². The molecule has 0 bridgehead atoms. The van der Waals surface area contributed by atoms with Gasteiger partial charge in [0.1, 0.15) is 5.75 Å². The fourth-order valence-electron chi connectivity index (χ4n) is 2.51. The molecule has 8 heteroatoms. The summed E-state index contributed by atoms with van der Waals surface area (Å²) in [5.41, 5.74) is -0.248. The first-order valence-electron chi connectivity index (χ1n) is 8.93. The minimum Gasteiger partial charge on any atom is -0.484 e. The molecule has 29 heavy (non-hydrogen) atoms. The van der Waals surface area contributed by atoms with Crippen molar-refractivity contribution in [1.82, 2.24) is 9.78 Å². The average molecular weight is 393 g/mol. The van der Waals surface area contributed by atoms with Crippen molar-refractivity contribution < 1.29 is 19.1 Å². The number of anilines is 1. The first-order chi connectivity index (χ1) is 14.1. The molecule has 3 rings (SSSR count). The summed E-state index contributed by atoms with van der Waals surface area (Å²) in [6, 6.07) is 18.6. The average Bonchev–Trinajstić information content (AvgIpc) is 2.74. The first-order valence-corrected chi connectivity index (χ1v) is 8.93. The van der Waals surface area contributed by atoms with Crippen molar-refractivity contribution in [3.8, 4) is 11.4 Å². The van der Waals surface area contributed by atoms with E-state index in [1.54, 1.807) is 61.5 Å². The molecule has 3 aromatic rings. The number of ether oxygens (including phenoxy) is 2. The van der Waals surface area contributed by atoms with Gasteiger partial charge in [0.2, 0.25) is 0 Å². The van der Waals surface area contributed by atoms with Gasteiger partial charge >= 0.3 is 5.97 Å².